The van der Waals surface area contributed by atoms with Crippen LogP contribution >= 0.6 is 11.8 Å². The molecule has 0 atom stereocenters. The van der Waals surface area contributed by atoms with E-state index in [4.69, 9.17) is 0 Å². The van der Waals surface area contributed by atoms with E-state index in [1.54, 1.807) is 4.52 Å². The minimum atomic E-state index is 0.0573. The van der Waals surface area contributed by atoms with Crippen molar-refractivity contribution in [2.75, 3.05) is 5.75 Å². The van der Waals surface area contributed by atoms with Crippen LogP contribution in [0.1, 0.15) is 53.8 Å². The average Bonchev–Trinajstić information content (AvgIpc) is 3.34. The second kappa shape index (κ2) is 8.53. The van der Waals surface area contributed by atoms with E-state index in [0.717, 1.165) is 30.7 Å². The number of thioether (sulfide) groups is 1. The third-order valence-corrected chi connectivity index (χ3v) is 6.55. The van der Waals surface area contributed by atoms with Crippen LogP contribution in [0.15, 0.2) is 29.4 Å². The lowest BCUT2D eigenvalue weighted by molar-refractivity contribution is -0.119. The molecular formula is C22H27N5OS. The molecule has 6 nitrogen and oxygen atoms in total. The lowest BCUT2D eigenvalue weighted by Gasteiger charge is -2.12. The summed E-state index contributed by atoms with van der Waals surface area (Å²) in [7, 11) is 0. The quantitative estimate of drug-likeness (QED) is 0.627. The first-order valence-corrected chi connectivity index (χ1v) is 11.2. The smallest absolute Gasteiger partial charge is 0.253 e. The molecule has 0 spiro atoms. The molecule has 0 saturated heterocycles. The van der Waals surface area contributed by atoms with Crippen LogP contribution in [-0.2, 0) is 11.2 Å². The molecule has 0 unspecified atom stereocenters. The highest BCUT2D eigenvalue weighted by Gasteiger charge is 2.18. The van der Waals surface area contributed by atoms with Crippen LogP contribution in [0.2, 0.25) is 0 Å². The molecule has 0 bridgehead atoms. The van der Waals surface area contributed by atoms with E-state index >= 15 is 0 Å². The van der Waals surface area contributed by atoms with Gasteiger partial charge in [-0.3, -0.25) is 4.79 Å². The molecule has 1 amide bonds. The molecule has 2 aromatic heterocycles. The summed E-state index contributed by atoms with van der Waals surface area (Å²) in [6, 6.07) is 8.76. The van der Waals surface area contributed by atoms with E-state index in [0.29, 0.717) is 22.7 Å². The Balaban J connectivity index is 1.50. The molecule has 29 heavy (non-hydrogen) atoms. The van der Waals surface area contributed by atoms with Crippen molar-refractivity contribution in [2.24, 2.45) is 0 Å². The fourth-order valence-corrected chi connectivity index (χ4v) is 4.60. The molecule has 1 aliphatic carbocycles. The second-order valence-electron chi connectivity index (χ2n) is 7.81. The summed E-state index contributed by atoms with van der Waals surface area (Å²) >= 11 is 1.37. The van der Waals surface area contributed by atoms with E-state index < -0.39 is 0 Å². The third-order valence-electron chi connectivity index (χ3n) is 5.71. The summed E-state index contributed by atoms with van der Waals surface area (Å²) in [5.41, 5.74) is 5.76. The largest absolute Gasteiger partial charge is 0.353 e. The molecule has 1 N–H and O–H groups in total. The van der Waals surface area contributed by atoms with Crippen LogP contribution in [-0.4, -0.2) is 37.3 Å². The lowest BCUT2D eigenvalue weighted by atomic mass is 9.99. The molecule has 1 aromatic carbocycles. The summed E-state index contributed by atoms with van der Waals surface area (Å²) in [6.07, 6.45) is 5.42. The Bertz CT molecular complexity index is 1040. The predicted octanol–water partition coefficient (Wildman–Crippen LogP) is 3.79. The van der Waals surface area contributed by atoms with Gasteiger partial charge in [0.1, 0.15) is 0 Å². The second-order valence-corrected chi connectivity index (χ2v) is 8.75. The summed E-state index contributed by atoms with van der Waals surface area (Å²) in [4.78, 5) is 21.4. The number of amides is 1. The monoisotopic (exact) mass is 409 g/mol. The Morgan fingerprint density at radius 3 is 2.69 bits per heavy atom. The van der Waals surface area contributed by atoms with Gasteiger partial charge in [-0.1, -0.05) is 48.9 Å². The maximum Gasteiger partial charge on any atom is 0.253 e. The zero-order chi connectivity index (χ0) is 20.4. The SMILES string of the molecule is Cc1ccccc1Cc1c(C)nc2nc(SCC(=O)NC3CCCC3)nn2c1C. The van der Waals surface area contributed by atoms with Crippen molar-refractivity contribution < 1.29 is 4.79 Å². The number of hydrogen-bond acceptors (Lipinski definition) is 5. The molecule has 1 saturated carbocycles. The van der Waals surface area contributed by atoms with Gasteiger partial charge in [0, 0.05) is 23.9 Å². The van der Waals surface area contributed by atoms with Crippen molar-refractivity contribution in [3.8, 4) is 0 Å². The molecule has 4 rings (SSSR count). The van der Waals surface area contributed by atoms with E-state index in [1.807, 2.05) is 6.92 Å². The lowest BCUT2D eigenvalue weighted by Crippen LogP contribution is -2.33. The van der Waals surface area contributed by atoms with Crippen molar-refractivity contribution in [1.29, 1.82) is 0 Å². The Labute approximate surface area is 175 Å². The fraction of sp³-hybridized carbons (Fsp3) is 0.455. The van der Waals surface area contributed by atoms with E-state index in [2.05, 4.69) is 58.5 Å². The van der Waals surface area contributed by atoms with E-state index in [9.17, 15) is 4.79 Å². The van der Waals surface area contributed by atoms with Gasteiger partial charge in [0.05, 0.1) is 5.75 Å². The number of aromatic nitrogens is 4. The minimum absolute atomic E-state index is 0.0573. The molecule has 3 aromatic rings. The summed E-state index contributed by atoms with van der Waals surface area (Å²) in [5, 5.41) is 8.31. The normalized spacial score (nSPS) is 14.6. The fourth-order valence-electron chi connectivity index (χ4n) is 3.98. The average molecular weight is 410 g/mol. The van der Waals surface area contributed by atoms with Gasteiger partial charge in [0.15, 0.2) is 0 Å². The van der Waals surface area contributed by atoms with Crippen molar-refractivity contribution in [3.63, 3.8) is 0 Å². The standard InChI is InChI=1S/C22H27N5OS/c1-14-8-4-5-9-17(14)12-19-15(2)23-21-25-22(26-27(21)16(19)3)29-13-20(28)24-18-10-6-7-11-18/h4-5,8-9,18H,6-7,10-13H2,1-3H3,(H,24,28). The zero-order valence-electron chi connectivity index (χ0n) is 17.2. The number of carbonyl (C=O) groups excluding carboxylic acids is 1. The first kappa shape index (κ1) is 19.9. The highest BCUT2D eigenvalue weighted by molar-refractivity contribution is 7.99. The van der Waals surface area contributed by atoms with Gasteiger partial charge in [-0.2, -0.15) is 4.98 Å². The molecular weight excluding hydrogens is 382 g/mol. The van der Waals surface area contributed by atoms with Crippen LogP contribution in [0, 0.1) is 20.8 Å². The molecule has 0 aliphatic heterocycles. The predicted molar refractivity (Wildman–Crippen MR) is 115 cm³/mol. The minimum Gasteiger partial charge on any atom is -0.353 e. The number of carbonyl (C=O) groups is 1. The number of hydrogen-bond donors (Lipinski definition) is 1. The van der Waals surface area contributed by atoms with Crippen LogP contribution in [0.3, 0.4) is 0 Å². The van der Waals surface area contributed by atoms with Gasteiger partial charge >= 0.3 is 0 Å². The van der Waals surface area contributed by atoms with Crippen LogP contribution < -0.4 is 5.32 Å². The number of rotatable bonds is 6. The Hall–Kier alpha value is -2.41. The molecule has 1 aliphatic rings. The van der Waals surface area contributed by atoms with Gasteiger partial charge in [-0.25, -0.2) is 9.50 Å². The summed E-state index contributed by atoms with van der Waals surface area (Å²) < 4.78 is 1.80. The molecule has 7 heteroatoms. The van der Waals surface area contributed by atoms with Gasteiger partial charge in [0.25, 0.3) is 5.78 Å². The summed E-state index contributed by atoms with van der Waals surface area (Å²) in [5.74, 6) is 0.982. The van der Waals surface area contributed by atoms with Gasteiger partial charge in [-0.05, 0) is 50.3 Å². The maximum absolute atomic E-state index is 12.2. The van der Waals surface area contributed by atoms with Crippen molar-refractivity contribution in [2.45, 2.75) is 64.1 Å². The van der Waals surface area contributed by atoms with Crippen molar-refractivity contribution >= 4 is 23.4 Å². The Morgan fingerprint density at radius 2 is 1.93 bits per heavy atom. The Kier molecular flexibility index (Phi) is 5.85. The topological polar surface area (TPSA) is 72.2 Å². The number of aryl methyl sites for hydroxylation is 3. The third kappa shape index (κ3) is 4.45. The van der Waals surface area contributed by atoms with E-state index in [1.165, 1.54) is 41.3 Å². The maximum atomic E-state index is 12.2. The molecule has 1 fully saturated rings. The number of nitrogens with zero attached hydrogens (tertiary/aromatic N) is 4. The molecule has 152 valence electrons. The van der Waals surface area contributed by atoms with Gasteiger partial charge < -0.3 is 5.32 Å². The van der Waals surface area contributed by atoms with E-state index in [-0.39, 0.29) is 5.91 Å². The van der Waals surface area contributed by atoms with Gasteiger partial charge in [0.2, 0.25) is 11.1 Å². The number of nitrogens with one attached hydrogen (secondary N) is 1. The highest BCUT2D eigenvalue weighted by atomic mass is 32.2. The first-order valence-electron chi connectivity index (χ1n) is 10.2. The van der Waals surface area contributed by atoms with Crippen LogP contribution in [0.4, 0.5) is 0 Å². The van der Waals surface area contributed by atoms with Crippen molar-refractivity contribution in [1.82, 2.24) is 24.9 Å². The Morgan fingerprint density at radius 1 is 1.17 bits per heavy atom. The first-order chi connectivity index (χ1) is 14.0. The molecule has 0 radical (unpaired) electrons. The van der Waals surface area contributed by atoms with Crippen LogP contribution in [0.5, 0.6) is 0 Å². The summed E-state index contributed by atoms with van der Waals surface area (Å²) in [6.45, 7) is 6.22. The zero-order valence-corrected chi connectivity index (χ0v) is 18.1. The van der Waals surface area contributed by atoms with Crippen molar-refractivity contribution in [3.05, 3.63) is 52.3 Å². The molecule has 2 heterocycles. The van der Waals surface area contributed by atoms with Gasteiger partial charge in [-0.15, -0.1) is 5.10 Å². The van der Waals surface area contributed by atoms with Crippen LogP contribution in [0.25, 0.3) is 5.78 Å². The highest BCUT2D eigenvalue weighted by Crippen LogP contribution is 2.22. The number of fused-ring (bicyclic) bond motifs is 1. The number of benzene rings is 1.